The molecule has 7 heteroatoms. The number of thioether (sulfide) groups is 1. The van der Waals surface area contributed by atoms with Gasteiger partial charge in [0.15, 0.2) is 11.0 Å². The van der Waals surface area contributed by atoms with E-state index in [9.17, 15) is 4.79 Å². The van der Waals surface area contributed by atoms with Crippen LogP contribution >= 0.6 is 11.8 Å². The lowest BCUT2D eigenvalue weighted by molar-refractivity contribution is -0.119. The highest BCUT2D eigenvalue weighted by Gasteiger charge is 2.30. The third-order valence-corrected chi connectivity index (χ3v) is 7.12. The van der Waals surface area contributed by atoms with E-state index in [0.29, 0.717) is 24.8 Å². The first-order valence-corrected chi connectivity index (χ1v) is 11.8. The molecule has 0 saturated heterocycles. The number of hydrogen-bond donors (Lipinski definition) is 1. The van der Waals surface area contributed by atoms with E-state index in [1.807, 2.05) is 32.2 Å². The molecule has 1 amide bonds. The van der Waals surface area contributed by atoms with Crippen molar-refractivity contribution in [3.05, 3.63) is 24.5 Å². The molecule has 1 saturated carbocycles. The van der Waals surface area contributed by atoms with Crippen LogP contribution in [0, 0.1) is 18.3 Å². The van der Waals surface area contributed by atoms with Crippen LogP contribution in [0.15, 0.2) is 29.7 Å². The number of nitrogens with one attached hydrogen (secondary N) is 1. The molecule has 160 valence electrons. The standard InChI is InChI=1S/C23H31N5OS/c1-5-23(6-2,7-3)25-20(29)16-30-22-27-26-21(18-12-10-14-24-15-18)28(22)19-13-9-8-11-17(19)4/h1,10,12,14-15,17,19H,6-9,11,13,16H2,2-4H3,(H,25,29)/t17-,19-/m1/s1. The predicted octanol–water partition coefficient (Wildman–Crippen LogP) is 4.49. The van der Waals surface area contributed by atoms with Crippen molar-refractivity contribution in [1.82, 2.24) is 25.1 Å². The number of pyridine rings is 1. The zero-order valence-electron chi connectivity index (χ0n) is 18.1. The summed E-state index contributed by atoms with van der Waals surface area (Å²) in [6, 6.07) is 4.24. The Morgan fingerprint density at radius 1 is 1.33 bits per heavy atom. The first-order chi connectivity index (χ1) is 14.5. The normalized spacial score (nSPS) is 19.3. The van der Waals surface area contributed by atoms with Crippen LogP contribution in [0.3, 0.4) is 0 Å². The highest BCUT2D eigenvalue weighted by Crippen LogP contribution is 2.38. The van der Waals surface area contributed by atoms with Gasteiger partial charge < -0.3 is 5.32 Å². The number of terminal acetylenes is 1. The molecule has 0 bridgehead atoms. The van der Waals surface area contributed by atoms with E-state index in [1.54, 1.807) is 6.20 Å². The Bertz CT molecular complexity index is 885. The summed E-state index contributed by atoms with van der Waals surface area (Å²) in [5.74, 6) is 4.30. The molecule has 1 N–H and O–H groups in total. The maximum atomic E-state index is 12.6. The summed E-state index contributed by atoms with van der Waals surface area (Å²) in [6.45, 7) is 6.29. The maximum Gasteiger partial charge on any atom is 0.231 e. The van der Waals surface area contributed by atoms with Gasteiger partial charge in [0, 0.05) is 24.0 Å². The Balaban J connectivity index is 1.83. The van der Waals surface area contributed by atoms with Crippen molar-refractivity contribution in [3.8, 4) is 23.7 Å². The lowest BCUT2D eigenvalue weighted by atomic mass is 9.85. The van der Waals surface area contributed by atoms with E-state index in [0.717, 1.165) is 23.0 Å². The van der Waals surface area contributed by atoms with Crippen LogP contribution in [0.4, 0.5) is 0 Å². The molecular formula is C23H31N5OS. The van der Waals surface area contributed by atoms with Crippen molar-refractivity contribution in [2.24, 2.45) is 5.92 Å². The number of hydrogen-bond acceptors (Lipinski definition) is 5. The van der Waals surface area contributed by atoms with Crippen molar-refractivity contribution in [2.45, 2.75) is 76.0 Å². The Morgan fingerprint density at radius 2 is 2.10 bits per heavy atom. The summed E-state index contributed by atoms with van der Waals surface area (Å²) < 4.78 is 2.23. The first kappa shape index (κ1) is 22.4. The Hall–Kier alpha value is -2.33. The smallest absolute Gasteiger partial charge is 0.231 e. The molecule has 0 unspecified atom stereocenters. The third-order valence-electron chi connectivity index (χ3n) is 6.18. The highest BCUT2D eigenvalue weighted by molar-refractivity contribution is 7.99. The topological polar surface area (TPSA) is 72.7 Å². The number of aromatic nitrogens is 4. The van der Waals surface area contributed by atoms with Gasteiger partial charge in [0.2, 0.25) is 5.91 Å². The quantitative estimate of drug-likeness (QED) is 0.498. The Kier molecular flexibility index (Phi) is 7.54. The minimum Gasteiger partial charge on any atom is -0.339 e. The molecule has 2 aromatic rings. The van der Waals surface area contributed by atoms with Crippen molar-refractivity contribution < 1.29 is 4.79 Å². The Morgan fingerprint density at radius 3 is 2.73 bits per heavy atom. The molecule has 0 aromatic carbocycles. The van der Waals surface area contributed by atoms with Crippen LogP contribution in [0.1, 0.15) is 65.3 Å². The van der Waals surface area contributed by atoms with E-state index < -0.39 is 5.54 Å². The zero-order chi connectivity index (χ0) is 21.6. The second kappa shape index (κ2) is 10.1. The van der Waals surface area contributed by atoms with Gasteiger partial charge in [0.1, 0.15) is 5.54 Å². The molecular weight excluding hydrogens is 394 g/mol. The summed E-state index contributed by atoms with van der Waals surface area (Å²) in [5, 5.41) is 12.8. The highest BCUT2D eigenvalue weighted by atomic mass is 32.2. The number of rotatable bonds is 8. The number of carbonyl (C=O) groups excluding carboxylic acids is 1. The summed E-state index contributed by atoms with van der Waals surface area (Å²) in [5.41, 5.74) is 0.367. The molecule has 0 spiro atoms. The second-order valence-electron chi connectivity index (χ2n) is 8.02. The molecule has 0 aliphatic heterocycles. The zero-order valence-corrected chi connectivity index (χ0v) is 18.9. The minimum absolute atomic E-state index is 0.0733. The molecule has 3 rings (SSSR count). The minimum atomic E-state index is -0.579. The number of carbonyl (C=O) groups is 1. The molecule has 30 heavy (non-hydrogen) atoms. The average molecular weight is 426 g/mol. The van der Waals surface area contributed by atoms with Crippen molar-refractivity contribution in [3.63, 3.8) is 0 Å². The number of amides is 1. The first-order valence-electron chi connectivity index (χ1n) is 10.8. The van der Waals surface area contributed by atoms with E-state index in [1.165, 1.54) is 31.0 Å². The summed E-state index contributed by atoms with van der Waals surface area (Å²) in [6.07, 6.45) is 15.4. The molecule has 2 aromatic heterocycles. The Labute approximate surface area is 183 Å². The van der Waals surface area contributed by atoms with Crippen LogP contribution in [0.5, 0.6) is 0 Å². The van der Waals surface area contributed by atoms with Gasteiger partial charge in [0.05, 0.1) is 5.75 Å². The van der Waals surface area contributed by atoms with Gasteiger partial charge in [-0.15, -0.1) is 16.6 Å². The van der Waals surface area contributed by atoms with Gasteiger partial charge >= 0.3 is 0 Å². The van der Waals surface area contributed by atoms with E-state index >= 15 is 0 Å². The van der Waals surface area contributed by atoms with Crippen molar-refractivity contribution in [2.75, 3.05) is 5.75 Å². The monoisotopic (exact) mass is 425 g/mol. The van der Waals surface area contributed by atoms with Crippen LogP contribution in [0.25, 0.3) is 11.4 Å². The van der Waals surface area contributed by atoms with Gasteiger partial charge in [-0.2, -0.15) is 0 Å². The fraction of sp³-hybridized carbons (Fsp3) is 0.565. The fourth-order valence-electron chi connectivity index (χ4n) is 4.15. The molecule has 2 atom stereocenters. The predicted molar refractivity (Wildman–Crippen MR) is 121 cm³/mol. The summed E-state index contributed by atoms with van der Waals surface area (Å²) in [7, 11) is 0. The third kappa shape index (κ3) is 4.86. The molecule has 1 aliphatic carbocycles. The van der Waals surface area contributed by atoms with Crippen LogP contribution < -0.4 is 5.32 Å². The van der Waals surface area contributed by atoms with Crippen molar-refractivity contribution >= 4 is 17.7 Å². The number of nitrogens with zero attached hydrogens (tertiary/aromatic N) is 4. The molecule has 6 nitrogen and oxygen atoms in total. The SMILES string of the molecule is C#CC(CC)(CC)NC(=O)CSc1nnc(-c2cccnc2)n1[C@@H]1CCCC[C@H]1C. The summed E-state index contributed by atoms with van der Waals surface area (Å²) >= 11 is 1.43. The second-order valence-corrected chi connectivity index (χ2v) is 8.96. The average Bonchev–Trinajstić information content (AvgIpc) is 3.21. The van der Waals surface area contributed by atoms with E-state index in [4.69, 9.17) is 6.42 Å². The summed E-state index contributed by atoms with van der Waals surface area (Å²) in [4.78, 5) is 16.9. The van der Waals surface area contributed by atoms with Gasteiger partial charge in [-0.25, -0.2) is 0 Å². The van der Waals surface area contributed by atoms with Gasteiger partial charge in [-0.1, -0.05) is 51.3 Å². The largest absolute Gasteiger partial charge is 0.339 e. The molecule has 2 heterocycles. The van der Waals surface area contributed by atoms with Gasteiger partial charge in [0.25, 0.3) is 0 Å². The van der Waals surface area contributed by atoms with E-state index in [-0.39, 0.29) is 11.7 Å². The van der Waals surface area contributed by atoms with Crippen LogP contribution in [-0.2, 0) is 4.79 Å². The van der Waals surface area contributed by atoms with Gasteiger partial charge in [-0.3, -0.25) is 14.3 Å². The van der Waals surface area contributed by atoms with Crippen LogP contribution in [0.2, 0.25) is 0 Å². The molecule has 1 fully saturated rings. The fourth-order valence-corrected chi connectivity index (χ4v) is 4.94. The maximum absolute atomic E-state index is 12.6. The molecule has 0 radical (unpaired) electrons. The van der Waals surface area contributed by atoms with Gasteiger partial charge in [-0.05, 0) is 43.7 Å². The molecule has 1 aliphatic rings. The lowest BCUT2D eigenvalue weighted by Gasteiger charge is -2.31. The van der Waals surface area contributed by atoms with E-state index in [2.05, 4.69) is 37.9 Å². The lowest BCUT2D eigenvalue weighted by Crippen LogP contribution is -2.47. The van der Waals surface area contributed by atoms with Crippen LogP contribution in [-0.4, -0.2) is 36.9 Å². The van der Waals surface area contributed by atoms with Crippen molar-refractivity contribution in [1.29, 1.82) is 0 Å².